The van der Waals surface area contributed by atoms with Crippen LogP contribution in [0.1, 0.15) is 18.2 Å². The van der Waals surface area contributed by atoms with Crippen molar-refractivity contribution in [3.63, 3.8) is 0 Å². The molecule has 0 atom stereocenters. The summed E-state index contributed by atoms with van der Waals surface area (Å²) in [5, 5.41) is 14.3. The molecule has 0 saturated carbocycles. The van der Waals surface area contributed by atoms with Gasteiger partial charge in [0.1, 0.15) is 5.69 Å². The first-order valence-corrected chi connectivity index (χ1v) is 6.65. The van der Waals surface area contributed by atoms with E-state index in [4.69, 9.17) is 4.74 Å². The van der Waals surface area contributed by atoms with Gasteiger partial charge in [-0.3, -0.25) is 15.1 Å². The molecule has 6 heteroatoms. The van der Waals surface area contributed by atoms with Crippen molar-refractivity contribution >= 4 is 11.4 Å². The van der Waals surface area contributed by atoms with Gasteiger partial charge in [0, 0.05) is 6.20 Å². The summed E-state index contributed by atoms with van der Waals surface area (Å²) >= 11 is 0. The Labute approximate surface area is 122 Å². The van der Waals surface area contributed by atoms with E-state index in [2.05, 4.69) is 17.2 Å². The van der Waals surface area contributed by atoms with Gasteiger partial charge in [0.25, 0.3) is 0 Å². The molecule has 0 unspecified atom stereocenters. The second-order valence-corrected chi connectivity index (χ2v) is 4.43. The van der Waals surface area contributed by atoms with E-state index in [1.807, 2.05) is 12.1 Å². The normalized spacial score (nSPS) is 10.2. The first-order chi connectivity index (χ1) is 10.2. The average molecular weight is 287 g/mol. The van der Waals surface area contributed by atoms with E-state index in [-0.39, 0.29) is 11.4 Å². The lowest BCUT2D eigenvalue weighted by atomic mass is 10.1. The van der Waals surface area contributed by atoms with E-state index in [0.717, 1.165) is 17.7 Å². The van der Waals surface area contributed by atoms with Crippen LogP contribution in [0.4, 0.5) is 11.4 Å². The molecule has 2 rings (SSSR count). The van der Waals surface area contributed by atoms with Gasteiger partial charge in [-0.15, -0.1) is 0 Å². The van der Waals surface area contributed by atoms with E-state index >= 15 is 0 Å². The molecule has 6 nitrogen and oxygen atoms in total. The van der Waals surface area contributed by atoms with Crippen LogP contribution in [0.25, 0.3) is 0 Å². The Balaban J connectivity index is 2.26. The van der Waals surface area contributed by atoms with Crippen LogP contribution in [-0.2, 0) is 13.0 Å². The standard InChI is InChI=1S/C15H17N3O3/c1-3-11-6-5-9-16-13(11)10-17-12-7-4-8-14(21-2)15(12)18(19)20/h4-9,17H,3,10H2,1-2H3. The maximum absolute atomic E-state index is 11.2. The van der Waals surface area contributed by atoms with Crippen LogP contribution >= 0.6 is 0 Å². The molecule has 0 bridgehead atoms. The van der Waals surface area contributed by atoms with Gasteiger partial charge in [-0.25, -0.2) is 0 Å². The second-order valence-electron chi connectivity index (χ2n) is 4.43. The SMILES string of the molecule is CCc1cccnc1CNc1cccc(OC)c1[N+](=O)[O-]. The molecule has 1 N–H and O–H groups in total. The summed E-state index contributed by atoms with van der Waals surface area (Å²) in [6.07, 6.45) is 2.58. The number of para-hydroxylation sites is 1. The van der Waals surface area contributed by atoms with Crippen molar-refractivity contribution in [1.29, 1.82) is 0 Å². The summed E-state index contributed by atoms with van der Waals surface area (Å²) in [6.45, 7) is 2.48. The minimum Gasteiger partial charge on any atom is -0.490 e. The zero-order valence-corrected chi connectivity index (χ0v) is 12.0. The van der Waals surface area contributed by atoms with Gasteiger partial charge in [0.15, 0.2) is 5.75 Å². The number of aromatic nitrogens is 1. The Morgan fingerprint density at radius 2 is 2.14 bits per heavy atom. The van der Waals surface area contributed by atoms with Gasteiger partial charge in [0.2, 0.25) is 0 Å². The number of anilines is 1. The number of benzene rings is 1. The molecular formula is C15H17N3O3. The minimum absolute atomic E-state index is 0.0611. The Morgan fingerprint density at radius 1 is 1.33 bits per heavy atom. The summed E-state index contributed by atoms with van der Waals surface area (Å²) in [5.41, 5.74) is 2.37. The predicted molar refractivity (Wildman–Crippen MR) is 80.6 cm³/mol. The lowest BCUT2D eigenvalue weighted by molar-refractivity contribution is -0.384. The number of nitrogens with zero attached hydrogens (tertiary/aromatic N) is 2. The van der Waals surface area contributed by atoms with Gasteiger partial charge in [-0.1, -0.05) is 19.1 Å². The highest BCUT2D eigenvalue weighted by molar-refractivity contribution is 5.68. The van der Waals surface area contributed by atoms with Crippen molar-refractivity contribution in [3.8, 4) is 5.75 Å². The molecule has 110 valence electrons. The molecule has 0 aliphatic rings. The smallest absolute Gasteiger partial charge is 0.333 e. The van der Waals surface area contributed by atoms with E-state index in [0.29, 0.717) is 12.2 Å². The summed E-state index contributed by atoms with van der Waals surface area (Å²) in [7, 11) is 1.42. The third-order valence-electron chi connectivity index (χ3n) is 3.21. The molecule has 0 amide bonds. The highest BCUT2D eigenvalue weighted by Crippen LogP contribution is 2.34. The number of pyridine rings is 1. The van der Waals surface area contributed by atoms with E-state index in [1.165, 1.54) is 7.11 Å². The fourth-order valence-corrected chi connectivity index (χ4v) is 2.15. The number of aryl methyl sites for hydroxylation is 1. The predicted octanol–water partition coefficient (Wildman–Crippen LogP) is 3.17. The maximum Gasteiger partial charge on any atom is 0.333 e. The maximum atomic E-state index is 11.2. The van der Waals surface area contributed by atoms with Crippen LogP contribution in [0.2, 0.25) is 0 Å². The van der Waals surface area contributed by atoms with Crippen LogP contribution in [-0.4, -0.2) is 17.0 Å². The van der Waals surface area contributed by atoms with Crippen molar-refractivity contribution in [2.45, 2.75) is 19.9 Å². The Kier molecular flexibility index (Phi) is 4.71. The highest BCUT2D eigenvalue weighted by Gasteiger charge is 2.20. The fraction of sp³-hybridized carbons (Fsp3) is 0.267. The first-order valence-electron chi connectivity index (χ1n) is 6.65. The zero-order chi connectivity index (χ0) is 15.2. The fourth-order valence-electron chi connectivity index (χ4n) is 2.15. The monoisotopic (exact) mass is 287 g/mol. The quantitative estimate of drug-likeness (QED) is 0.652. The number of nitrogens with one attached hydrogen (secondary N) is 1. The average Bonchev–Trinajstić information content (AvgIpc) is 2.52. The number of nitro benzene ring substituents is 1. The van der Waals surface area contributed by atoms with E-state index in [9.17, 15) is 10.1 Å². The molecule has 21 heavy (non-hydrogen) atoms. The minimum atomic E-state index is -0.444. The van der Waals surface area contributed by atoms with Gasteiger partial charge in [0.05, 0.1) is 24.3 Å². The number of hydrogen-bond donors (Lipinski definition) is 1. The number of methoxy groups -OCH3 is 1. The lowest BCUT2D eigenvalue weighted by Crippen LogP contribution is -2.07. The molecule has 1 heterocycles. The Bertz CT molecular complexity index is 644. The molecular weight excluding hydrogens is 270 g/mol. The van der Waals surface area contributed by atoms with Gasteiger partial charge < -0.3 is 10.1 Å². The number of ether oxygens (including phenoxy) is 1. The van der Waals surface area contributed by atoms with Crippen LogP contribution in [0.15, 0.2) is 36.5 Å². The molecule has 0 saturated heterocycles. The molecule has 1 aromatic carbocycles. The summed E-state index contributed by atoms with van der Waals surface area (Å²) in [4.78, 5) is 15.1. The number of rotatable bonds is 6. The number of hydrogen-bond acceptors (Lipinski definition) is 5. The van der Waals surface area contributed by atoms with Crippen molar-refractivity contribution < 1.29 is 9.66 Å². The molecule has 0 spiro atoms. The van der Waals surface area contributed by atoms with Crippen LogP contribution in [0, 0.1) is 10.1 Å². The molecule has 0 aliphatic carbocycles. The largest absolute Gasteiger partial charge is 0.490 e. The molecule has 0 fully saturated rings. The molecule has 0 radical (unpaired) electrons. The third-order valence-corrected chi connectivity index (χ3v) is 3.21. The molecule has 2 aromatic rings. The molecule has 0 aliphatic heterocycles. The van der Waals surface area contributed by atoms with Crippen molar-refractivity contribution in [2.24, 2.45) is 0 Å². The Morgan fingerprint density at radius 3 is 2.81 bits per heavy atom. The number of nitro groups is 1. The van der Waals surface area contributed by atoms with Crippen molar-refractivity contribution in [3.05, 3.63) is 57.9 Å². The topological polar surface area (TPSA) is 77.3 Å². The van der Waals surface area contributed by atoms with Crippen molar-refractivity contribution in [1.82, 2.24) is 4.98 Å². The lowest BCUT2D eigenvalue weighted by Gasteiger charge is -2.11. The summed E-state index contributed by atoms with van der Waals surface area (Å²) in [6, 6.07) is 8.84. The van der Waals surface area contributed by atoms with Crippen LogP contribution < -0.4 is 10.1 Å². The highest BCUT2D eigenvalue weighted by atomic mass is 16.6. The third kappa shape index (κ3) is 3.28. The second kappa shape index (κ2) is 6.69. The van der Waals surface area contributed by atoms with Crippen LogP contribution in [0.5, 0.6) is 5.75 Å². The zero-order valence-electron chi connectivity index (χ0n) is 12.0. The first kappa shape index (κ1) is 14.8. The van der Waals surface area contributed by atoms with Gasteiger partial charge >= 0.3 is 5.69 Å². The van der Waals surface area contributed by atoms with Gasteiger partial charge in [-0.05, 0) is 30.2 Å². The van der Waals surface area contributed by atoms with E-state index in [1.54, 1.807) is 24.4 Å². The van der Waals surface area contributed by atoms with Gasteiger partial charge in [-0.2, -0.15) is 0 Å². The van der Waals surface area contributed by atoms with E-state index < -0.39 is 4.92 Å². The molecule has 1 aromatic heterocycles. The summed E-state index contributed by atoms with van der Waals surface area (Å²) in [5.74, 6) is 0.238. The Hall–Kier alpha value is -2.63. The van der Waals surface area contributed by atoms with Crippen molar-refractivity contribution in [2.75, 3.05) is 12.4 Å². The summed E-state index contributed by atoms with van der Waals surface area (Å²) < 4.78 is 5.05. The van der Waals surface area contributed by atoms with Crippen LogP contribution in [0.3, 0.4) is 0 Å².